The van der Waals surface area contributed by atoms with Gasteiger partial charge in [-0.25, -0.2) is 0 Å². The minimum Gasteiger partial charge on any atom is -0.493 e. The van der Waals surface area contributed by atoms with Gasteiger partial charge in [0.1, 0.15) is 0 Å². The Morgan fingerprint density at radius 1 is 0.952 bits per heavy atom. The van der Waals surface area contributed by atoms with Crippen molar-refractivity contribution in [2.24, 2.45) is 18.9 Å². The Bertz CT molecular complexity index is 1390. The predicted octanol–water partition coefficient (Wildman–Crippen LogP) is 2.56. The lowest BCUT2D eigenvalue weighted by molar-refractivity contribution is -0.140. The molecular formula is C32H42N4O6. The third kappa shape index (κ3) is 6.47. The van der Waals surface area contributed by atoms with Crippen LogP contribution >= 0.6 is 0 Å². The Morgan fingerprint density at radius 2 is 1.79 bits per heavy atom. The Balaban J connectivity index is 1.37. The van der Waals surface area contributed by atoms with Gasteiger partial charge in [0.2, 0.25) is 11.8 Å². The van der Waals surface area contributed by atoms with E-state index in [1.807, 2.05) is 15.9 Å². The van der Waals surface area contributed by atoms with Gasteiger partial charge in [-0.15, -0.1) is 0 Å². The fourth-order valence-electron chi connectivity index (χ4n) is 6.93. The number of pyridine rings is 1. The quantitative estimate of drug-likeness (QED) is 0.600. The Kier molecular flexibility index (Phi) is 9.18. The van der Waals surface area contributed by atoms with Gasteiger partial charge < -0.3 is 29.2 Å². The molecule has 1 aromatic carbocycles. The van der Waals surface area contributed by atoms with E-state index in [9.17, 15) is 19.2 Å². The number of hydrogen-bond acceptors (Lipinski definition) is 6. The van der Waals surface area contributed by atoms with Crippen LogP contribution < -0.4 is 20.3 Å². The average Bonchev–Trinajstić information content (AvgIpc) is 2.99. The molecule has 2 saturated heterocycles. The maximum absolute atomic E-state index is 13.8. The van der Waals surface area contributed by atoms with Crippen molar-refractivity contribution in [3.63, 3.8) is 0 Å². The number of methoxy groups -OCH3 is 2. The van der Waals surface area contributed by atoms with E-state index in [0.29, 0.717) is 75.3 Å². The molecule has 5 rings (SSSR count). The molecule has 0 saturated carbocycles. The highest BCUT2D eigenvalue weighted by Gasteiger charge is 2.43. The lowest BCUT2D eigenvalue weighted by atomic mass is 9.77. The van der Waals surface area contributed by atoms with Crippen LogP contribution in [-0.4, -0.2) is 78.5 Å². The van der Waals surface area contributed by atoms with Crippen LogP contribution in [0.3, 0.4) is 0 Å². The number of nitrogens with zero attached hydrogens (tertiary/aromatic N) is 3. The maximum Gasteiger partial charge on any atom is 0.254 e. The van der Waals surface area contributed by atoms with Gasteiger partial charge in [0.05, 0.1) is 14.2 Å². The molecule has 4 bridgehead atoms. The normalized spacial score (nSPS) is 23.5. The van der Waals surface area contributed by atoms with E-state index in [-0.39, 0.29) is 41.2 Å². The van der Waals surface area contributed by atoms with Gasteiger partial charge >= 0.3 is 0 Å². The molecule has 2 aromatic rings. The lowest BCUT2D eigenvalue weighted by Gasteiger charge is -2.51. The highest BCUT2D eigenvalue weighted by Crippen LogP contribution is 2.37. The predicted molar refractivity (Wildman–Crippen MR) is 158 cm³/mol. The van der Waals surface area contributed by atoms with Crippen LogP contribution in [0.5, 0.6) is 11.5 Å². The highest BCUT2D eigenvalue weighted by atomic mass is 16.5. The zero-order valence-corrected chi connectivity index (χ0v) is 24.9. The van der Waals surface area contributed by atoms with E-state index in [4.69, 9.17) is 9.47 Å². The summed E-state index contributed by atoms with van der Waals surface area (Å²) in [6.45, 7) is 2.25. The second-order valence-electron chi connectivity index (χ2n) is 11.9. The largest absolute Gasteiger partial charge is 0.493 e. The first kappa shape index (κ1) is 29.7. The van der Waals surface area contributed by atoms with Crippen molar-refractivity contribution in [3.05, 3.63) is 57.5 Å². The first-order chi connectivity index (χ1) is 20.3. The third-order valence-corrected chi connectivity index (χ3v) is 9.02. The van der Waals surface area contributed by atoms with Crippen LogP contribution in [0.2, 0.25) is 0 Å². The van der Waals surface area contributed by atoms with Crippen LogP contribution in [0.4, 0.5) is 0 Å². The van der Waals surface area contributed by atoms with Crippen molar-refractivity contribution >= 4 is 17.7 Å². The fraction of sp³-hybridized carbons (Fsp3) is 0.562. The van der Waals surface area contributed by atoms with Gasteiger partial charge in [-0.2, -0.15) is 0 Å². The molecule has 1 N–H and O–H groups in total. The molecule has 4 heterocycles. The summed E-state index contributed by atoms with van der Waals surface area (Å²) in [7, 11) is 4.90. The second kappa shape index (κ2) is 13.0. The van der Waals surface area contributed by atoms with Crippen molar-refractivity contribution in [1.82, 2.24) is 19.7 Å². The first-order valence-electron chi connectivity index (χ1n) is 15.0. The molecule has 10 nitrogen and oxygen atoms in total. The van der Waals surface area contributed by atoms with Gasteiger partial charge in [-0.05, 0) is 73.6 Å². The summed E-state index contributed by atoms with van der Waals surface area (Å²) in [5.41, 5.74) is 2.21. The van der Waals surface area contributed by atoms with Gasteiger partial charge in [0, 0.05) is 69.9 Å². The van der Waals surface area contributed by atoms with Crippen molar-refractivity contribution in [3.8, 4) is 11.5 Å². The first-order valence-corrected chi connectivity index (χ1v) is 15.0. The van der Waals surface area contributed by atoms with E-state index in [0.717, 1.165) is 30.4 Å². The summed E-state index contributed by atoms with van der Waals surface area (Å²) in [5, 5.41) is 3.04. The molecule has 1 aromatic heterocycles. The molecule has 2 fully saturated rings. The minimum atomic E-state index is -0.216. The Hall–Kier alpha value is -3.82. The SMILES string of the molecule is COc1cc2cc(c1OC)CCCNC(=O)CCC[C@H]1[C@H]3C[C@@H](CN(C(=O)c4ccn(C)c(=O)c4)C3)CN1C(=O)CC2. The van der Waals surface area contributed by atoms with E-state index in [1.54, 1.807) is 33.5 Å². The van der Waals surface area contributed by atoms with E-state index < -0.39 is 0 Å². The van der Waals surface area contributed by atoms with Crippen LogP contribution in [0.25, 0.3) is 0 Å². The molecule has 0 aliphatic carbocycles. The minimum absolute atomic E-state index is 0.0121. The number of ether oxygens (including phenoxy) is 2. The van der Waals surface area contributed by atoms with E-state index >= 15 is 0 Å². The van der Waals surface area contributed by atoms with Gasteiger partial charge in [0.25, 0.3) is 11.5 Å². The van der Waals surface area contributed by atoms with Crippen LogP contribution in [-0.2, 0) is 29.5 Å². The third-order valence-electron chi connectivity index (χ3n) is 9.02. The number of carbonyl (C=O) groups is 3. The molecule has 226 valence electrons. The number of amides is 3. The molecule has 3 aliphatic heterocycles. The molecule has 42 heavy (non-hydrogen) atoms. The van der Waals surface area contributed by atoms with Crippen LogP contribution in [0.15, 0.2) is 35.3 Å². The second-order valence-corrected chi connectivity index (χ2v) is 11.9. The number of carbonyl (C=O) groups excluding carboxylic acids is 3. The number of benzene rings is 1. The van der Waals surface area contributed by atoms with Crippen LogP contribution in [0.1, 0.15) is 60.0 Å². The van der Waals surface area contributed by atoms with Crippen molar-refractivity contribution in [2.45, 2.75) is 57.4 Å². The highest BCUT2D eigenvalue weighted by molar-refractivity contribution is 5.94. The smallest absolute Gasteiger partial charge is 0.254 e. The monoisotopic (exact) mass is 578 g/mol. The number of hydrogen-bond donors (Lipinski definition) is 1. The number of piperidine rings is 2. The summed E-state index contributed by atoms with van der Waals surface area (Å²) in [5.74, 6) is 1.60. The summed E-state index contributed by atoms with van der Waals surface area (Å²) >= 11 is 0. The zero-order valence-electron chi connectivity index (χ0n) is 24.9. The van der Waals surface area contributed by atoms with Gasteiger partial charge in [0.15, 0.2) is 11.5 Å². The Labute approximate surface area is 247 Å². The fourth-order valence-corrected chi connectivity index (χ4v) is 6.93. The van der Waals surface area contributed by atoms with E-state index in [2.05, 4.69) is 11.4 Å². The molecule has 10 heteroatoms. The van der Waals surface area contributed by atoms with Crippen molar-refractivity contribution in [2.75, 3.05) is 40.4 Å². The summed E-state index contributed by atoms with van der Waals surface area (Å²) in [6.07, 6.45) is 6.82. The number of nitrogens with one attached hydrogen (secondary N) is 1. The van der Waals surface area contributed by atoms with Gasteiger partial charge in [-0.1, -0.05) is 6.07 Å². The molecular weight excluding hydrogens is 536 g/mol. The number of likely N-dealkylation sites (tertiary alicyclic amines) is 1. The van der Waals surface area contributed by atoms with Gasteiger partial charge in [-0.3, -0.25) is 19.2 Å². The number of aryl methyl sites for hydroxylation is 3. The number of rotatable bonds is 3. The molecule has 3 atom stereocenters. The van der Waals surface area contributed by atoms with Crippen LogP contribution in [0, 0.1) is 11.8 Å². The molecule has 0 spiro atoms. The molecule has 3 aliphatic rings. The average molecular weight is 579 g/mol. The number of aromatic nitrogens is 1. The van der Waals surface area contributed by atoms with E-state index in [1.165, 1.54) is 10.6 Å². The number of fused-ring (bicyclic) bond motifs is 6. The molecule has 3 amide bonds. The standard InChI is InChI=1S/C32H42N4O6/c1-34-13-11-24(17-30(34)39)32(40)35-18-22-15-25(20-35)26-7-4-8-28(37)33-12-5-6-23-14-21(9-10-29(38)36(26)19-22)16-27(41-2)31(23)42-3/h11,13-14,16-17,22,25-26H,4-10,12,15,18-20H2,1-3H3,(H,33,37)/t22-,25-,26-/m0/s1. The van der Waals surface area contributed by atoms with Crippen molar-refractivity contribution < 1.29 is 23.9 Å². The maximum atomic E-state index is 13.8. The summed E-state index contributed by atoms with van der Waals surface area (Å²) in [6, 6.07) is 7.07. The summed E-state index contributed by atoms with van der Waals surface area (Å²) in [4.78, 5) is 55.9. The molecule has 0 radical (unpaired) electrons. The van der Waals surface area contributed by atoms with Crippen molar-refractivity contribution in [1.29, 1.82) is 0 Å². The zero-order chi connectivity index (χ0) is 29.8. The lowest BCUT2D eigenvalue weighted by Crippen LogP contribution is -2.60. The molecule has 0 unspecified atom stereocenters. The summed E-state index contributed by atoms with van der Waals surface area (Å²) < 4.78 is 12.7. The topological polar surface area (TPSA) is 110 Å². The Morgan fingerprint density at radius 3 is 2.55 bits per heavy atom.